The highest BCUT2D eigenvalue weighted by Gasteiger charge is 2.18. The topological polar surface area (TPSA) is 61.4 Å². The third-order valence-corrected chi connectivity index (χ3v) is 5.61. The Morgan fingerprint density at radius 3 is 2.54 bits per heavy atom. The van der Waals surface area contributed by atoms with E-state index in [1.54, 1.807) is 36.3 Å². The number of hydrogen-bond donors (Lipinski definition) is 1. The fourth-order valence-electron chi connectivity index (χ4n) is 3.04. The molecule has 1 aromatic carbocycles. The summed E-state index contributed by atoms with van der Waals surface area (Å²) in [4.78, 5) is 26.1. The summed E-state index contributed by atoms with van der Waals surface area (Å²) < 4.78 is 12.9. The van der Waals surface area contributed by atoms with Gasteiger partial charge in [0.1, 0.15) is 5.82 Å². The molecule has 150 valence electrons. The van der Waals surface area contributed by atoms with Gasteiger partial charge >= 0.3 is 0 Å². The number of anilines is 1. The van der Waals surface area contributed by atoms with Crippen molar-refractivity contribution in [1.29, 1.82) is 0 Å². The van der Waals surface area contributed by atoms with E-state index in [4.69, 9.17) is 0 Å². The maximum Gasteiger partial charge on any atom is 0.225 e. The molecule has 8 heteroatoms. The first-order valence-corrected chi connectivity index (χ1v) is 10.6. The molecule has 0 aliphatic carbocycles. The van der Waals surface area contributed by atoms with Crippen molar-refractivity contribution in [3.63, 3.8) is 0 Å². The Labute approximate surface area is 169 Å². The molecular formula is C20H26FN5OS. The van der Waals surface area contributed by atoms with Gasteiger partial charge in [-0.05, 0) is 43.3 Å². The molecule has 28 heavy (non-hydrogen) atoms. The van der Waals surface area contributed by atoms with Crippen LogP contribution in [0.25, 0.3) is 0 Å². The van der Waals surface area contributed by atoms with Crippen LogP contribution in [-0.2, 0) is 4.79 Å². The summed E-state index contributed by atoms with van der Waals surface area (Å²) in [7, 11) is 0. The van der Waals surface area contributed by atoms with Crippen LogP contribution in [0.4, 0.5) is 10.3 Å². The van der Waals surface area contributed by atoms with Crippen molar-refractivity contribution in [2.45, 2.75) is 17.7 Å². The van der Waals surface area contributed by atoms with Gasteiger partial charge in [0.15, 0.2) is 0 Å². The average molecular weight is 404 g/mol. The normalized spacial score (nSPS) is 14.8. The van der Waals surface area contributed by atoms with Crippen LogP contribution in [0.2, 0.25) is 0 Å². The van der Waals surface area contributed by atoms with Crippen LogP contribution >= 0.6 is 11.8 Å². The number of nitrogens with one attached hydrogen (secondary N) is 1. The molecule has 0 bridgehead atoms. The van der Waals surface area contributed by atoms with Crippen molar-refractivity contribution in [2.75, 3.05) is 49.9 Å². The van der Waals surface area contributed by atoms with Gasteiger partial charge in [0, 0.05) is 62.2 Å². The lowest BCUT2D eigenvalue weighted by molar-refractivity contribution is -0.120. The lowest BCUT2D eigenvalue weighted by Gasteiger charge is -2.34. The van der Waals surface area contributed by atoms with Crippen LogP contribution in [0.1, 0.15) is 12.8 Å². The Hall–Kier alpha value is -2.19. The highest BCUT2D eigenvalue weighted by atomic mass is 32.2. The predicted molar refractivity (Wildman–Crippen MR) is 110 cm³/mol. The quantitative estimate of drug-likeness (QED) is 0.513. The summed E-state index contributed by atoms with van der Waals surface area (Å²) in [6.07, 6.45) is 4.96. The molecule has 1 aromatic heterocycles. The summed E-state index contributed by atoms with van der Waals surface area (Å²) in [5.41, 5.74) is 0. The molecule has 1 amide bonds. The zero-order valence-electron chi connectivity index (χ0n) is 15.9. The molecule has 0 saturated carbocycles. The molecule has 0 radical (unpaired) electrons. The third-order valence-electron chi connectivity index (χ3n) is 4.59. The molecule has 0 unspecified atom stereocenters. The van der Waals surface area contributed by atoms with E-state index in [2.05, 4.69) is 25.1 Å². The van der Waals surface area contributed by atoms with E-state index in [0.717, 1.165) is 50.0 Å². The van der Waals surface area contributed by atoms with E-state index < -0.39 is 0 Å². The van der Waals surface area contributed by atoms with Crippen LogP contribution in [0.5, 0.6) is 0 Å². The minimum Gasteiger partial charge on any atom is -0.356 e. The highest BCUT2D eigenvalue weighted by molar-refractivity contribution is 7.99. The van der Waals surface area contributed by atoms with Crippen LogP contribution in [0.3, 0.4) is 0 Å². The summed E-state index contributed by atoms with van der Waals surface area (Å²) >= 11 is 1.57. The minimum atomic E-state index is -0.239. The highest BCUT2D eigenvalue weighted by Crippen LogP contribution is 2.18. The van der Waals surface area contributed by atoms with Gasteiger partial charge in [-0.15, -0.1) is 11.8 Å². The van der Waals surface area contributed by atoms with Crippen molar-refractivity contribution < 1.29 is 9.18 Å². The predicted octanol–water partition coefficient (Wildman–Crippen LogP) is 2.43. The second kappa shape index (κ2) is 11.0. The number of nitrogens with zero attached hydrogens (tertiary/aromatic N) is 4. The number of carbonyl (C=O) groups excluding carboxylic acids is 1. The van der Waals surface area contributed by atoms with Crippen LogP contribution in [0.15, 0.2) is 47.6 Å². The van der Waals surface area contributed by atoms with Gasteiger partial charge in [0.2, 0.25) is 11.9 Å². The lowest BCUT2D eigenvalue weighted by atomic mass is 10.3. The third kappa shape index (κ3) is 6.76. The molecular weight excluding hydrogens is 377 g/mol. The molecule has 6 nitrogen and oxygen atoms in total. The second-order valence-corrected chi connectivity index (χ2v) is 7.80. The zero-order valence-corrected chi connectivity index (χ0v) is 16.7. The van der Waals surface area contributed by atoms with E-state index in [0.29, 0.717) is 18.7 Å². The molecule has 1 fully saturated rings. The average Bonchev–Trinajstić information content (AvgIpc) is 2.74. The van der Waals surface area contributed by atoms with E-state index in [9.17, 15) is 9.18 Å². The monoisotopic (exact) mass is 403 g/mol. The van der Waals surface area contributed by atoms with Gasteiger partial charge < -0.3 is 10.2 Å². The maximum absolute atomic E-state index is 12.9. The number of thioether (sulfide) groups is 1. The van der Waals surface area contributed by atoms with E-state index in [-0.39, 0.29) is 11.7 Å². The Bertz CT molecular complexity index is 723. The number of aromatic nitrogens is 2. The SMILES string of the molecule is O=C(CCSc1ccc(F)cc1)NCCCN1CCN(c2ncccn2)CC1. The van der Waals surface area contributed by atoms with E-state index in [1.165, 1.54) is 12.1 Å². The van der Waals surface area contributed by atoms with Crippen molar-refractivity contribution in [3.05, 3.63) is 48.5 Å². The number of piperazine rings is 1. The standard InChI is InChI=1S/C20H26FN5OS/c21-17-3-5-18(6-4-17)28-16-7-19(27)22-10-2-11-25-12-14-26(15-13-25)20-23-8-1-9-24-20/h1,3-6,8-9H,2,7,10-16H2,(H,22,27). The smallest absolute Gasteiger partial charge is 0.225 e. The number of amides is 1. The number of halogens is 1. The summed E-state index contributed by atoms with van der Waals surface area (Å²) in [5.74, 6) is 1.33. The molecule has 1 saturated heterocycles. The van der Waals surface area contributed by atoms with Gasteiger partial charge in [-0.25, -0.2) is 14.4 Å². The van der Waals surface area contributed by atoms with E-state index in [1.807, 2.05) is 6.07 Å². The molecule has 2 heterocycles. The number of carbonyl (C=O) groups is 1. The first-order valence-electron chi connectivity index (χ1n) is 9.60. The van der Waals surface area contributed by atoms with Gasteiger partial charge in [-0.2, -0.15) is 0 Å². The summed E-state index contributed by atoms with van der Waals surface area (Å²) in [6.45, 7) is 5.51. The maximum atomic E-state index is 12.9. The second-order valence-electron chi connectivity index (χ2n) is 6.63. The van der Waals surface area contributed by atoms with Crippen molar-refractivity contribution in [2.24, 2.45) is 0 Å². The van der Waals surface area contributed by atoms with Crippen molar-refractivity contribution in [1.82, 2.24) is 20.2 Å². The lowest BCUT2D eigenvalue weighted by Crippen LogP contribution is -2.47. The van der Waals surface area contributed by atoms with Crippen molar-refractivity contribution in [3.8, 4) is 0 Å². The molecule has 0 spiro atoms. The Kier molecular flexibility index (Phi) is 8.05. The fourth-order valence-corrected chi connectivity index (χ4v) is 3.89. The van der Waals surface area contributed by atoms with Gasteiger partial charge in [-0.1, -0.05) is 0 Å². The molecule has 1 N–H and O–H groups in total. The summed E-state index contributed by atoms with van der Waals surface area (Å²) in [5, 5.41) is 2.98. The largest absolute Gasteiger partial charge is 0.356 e. The van der Waals surface area contributed by atoms with Gasteiger partial charge in [-0.3, -0.25) is 9.69 Å². The van der Waals surface area contributed by atoms with Crippen LogP contribution in [-0.4, -0.2) is 65.8 Å². The summed E-state index contributed by atoms with van der Waals surface area (Å²) in [6, 6.07) is 8.18. The first-order chi connectivity index (χ1) is 13.7. The molecule has 1 aliphatic heterocycles. The van der Waals surface area contributed by atoms with E-state index >= 15 is 0 Å². The van der Waals surface area contributed by atoms with Crippen LogP contribution < -0.4 is 10.2 Å². The Morgan fingerprint density at radius 2 is 1.82 bits per heavy atom. The Morgan fingerprint density at radius 1 is 1.11 bits per heavy atom. The molecule has 1 aliphatic rings. The minimum absolute atomic E-state index is 0.0701. The van der Waals surface area contributed by atoms with Crippen molar-refractivity contribution >= 4 is 23.6 Å². The molecule has 2 aromatic rings. The fraction of sp³-hybridized carbons (Fsp3) is 0.450. The van der Waals surface area contributed by atoms with Gasteiger partial charge in [0.25, 0.3) is 0 Å². The first kappa shape index (κ1) is 20.5. The molecule has 0 atom stereocenters. The van der Waals surface area contributed by atoms with Crippen LogP contribution in [0, 0.1) is 5.82 Å². The number of benzene rings is 1. The molecule has 3 rings (SSSR count). The zero-order chi connectivity index (χ0) is 19.6. The number of hydrogen-bond acceptors (Lipinski definition) is 6. The Balaban J connectivity index is 1.23. The van der Waals surface area contributed by atoms with Gasteiger partial charge in [0.05, 0.1) is 0 Å². The number of rotatable bonds is 9.